The van der Waals surface area contributed by atoms with Gasteiger partial charge < -0.3 is 33.8 Å². The first-order valence-electron chi connectivity index (χ1n) is 46.4. The molecule has 4 unspecified atom stereocenters. The van der Waals surface area contributed by atoms with Gasteiger partial charge in [0.05, 0.1) is 26.4 Å². The predicted octanol–water partition coefficient (Wildman–Crippen LogP) is 27.7. The first-order valence-corrected chi connectivity index (χ1v) is 49.4. The lowest BCUT2D eigenvalue weighted by molar-refractivity contribution is -0.161. The molecule has 0 aromatic carbocycles. The summed E-state index contributed by atoms with van der Waals surface area (Å²) in [5.41, 5.74) is 0. The van der Waals surface area contributed by atoms with Gasteiger partial charge in [0.2, 0.25) is 0 Å². The topological polar surface area (TPSA) is 237 Å². The number of phosphoric acid groups is 2. The van der Waals surface area contributed by atoms with Crippen molar-refractivity contribution < 1.29 is 80.2 Å². The van der Waals surface area contributed by atoms with Crippen LogP contribution in [0.15, 0.2) is 24.3 Å². The molecular weight excluding hydrogens is 1430 g/mol. The summed E-state index contributed by atoms with van der Waals surface area (Å²) in [5.74, 6) is -0.484. The summed E-state index contributed by atoms with van der Waals surface area (Å²) in [7, 11) is -9.95. The maximum Gasteiger partial charge on any atom is 0.472 e. The van der Waals surface area contributed by atoms with E-state index in [2.05, 4.69) is 65.8 Å². The Morgan fingerprint density at radius 2 is 0.509 bits per heavy atom. The van der Waals surface area contributed by atoms with Gasteiger partial charge in [-0.15, -0.1) is 0 Å². The van der Waals surface area contributed by atoms with E-state index >= 15 is 0 Å². The minimum Gasteiger partial charge on any atom is -0.462 e. The van der Waals surface area contributed by atoms with Gasteiger partial charge in [0.15, 0.2) is 12.2 Å². The van der Waals surface area contributed by atoms with Gasteiger partial charge in [-0.2, -0.15) is 0 Å². The summed E-state index contributed by atoms with van der Waals surface area (Å²) in [6.45, 7) is 9.69. The zero-order valence-electron chi connectivity index (χ0n) is 72.1. The first-order chi connectivity index (χ1) is 53.4. The number of carbonyl (C=O) groups is 4. The molecule has 0 saturated carbocycles. The average molecular weight is 1600 g/mol. The van der Waals surface area contributed by atoms with Crippen molar-refractivity contribution in [3.8, 4) is 0 Å². The van der Waals surface area contributed by atoms with Crippen molar-refractivity contribution in [1.82, 2.24) is 0 Å². The lowest BCUT2D eigenvalue weighted by Gasteiger charge is -2.21. The highest BCUT2D eigenvalue weighted by Gasteiger charge is 2.31. The maximum atomic E-state index is 13.2. The monoisotopic (exact) mass is 1600 g/mol. The Bertz CT molecular complexity index is 2200. The molecular formula is C91H174O17P2. The van der Waals surface area contributed by atoms with E-state index in [0.29, 0.717) is 25.7 Å². The number of aliphatic hydroxyl groups is 1. The summed E-state index contributed by atoms with van der Waals surface area (Å²) < 4.78 is 69.0. The third-order valence-corrected chi connectivity index (χ3v) is 23.5. The second kappa shape index (κ2) is 81.7. The third-order valence-electron chi connectivity index (χ3n) is 21.6. The molecule has 0 aliphatic heterocycles. The van der Waals surface area contributed by atoms with Gasteiger partial charge in [0, 0.05) is 25.7 Å². The van der Waals surface area contributed by atoms with Crippen LogP contribution in [0.5, 0.6) is 0 Å². The minimum absolute atomic E-state index is 0.0850. The average Bonchev–Trinajstić information content (AvgIpc) is 0.898. The Kier molecular flexibility index (Phi) is 79.8. The summed E-state index contributed by atoms with van der Waals surface area (Å²) in [5, 5.41) is 10.7. The molecule has 0 aliphatic carbocycles. The second-order valence-electron chi connectivity index (χ2n) is 32.5. The number of rotatable bonds is 88. The van der Waals surface area contributed by atoms with E-state index in [1.54, 1.807) is 0 Å². The maximum absolute atomic E-state index is 13.2. The number of hydrogen-bond acceptors (Lipinski definition) is 15. The quantitative estimate of drug-likeness (QED) is 0.0169. The summed E-state index contributed by atoms with van der Waals surface area (Å²) in [4.78, 5) is 73.4. The molecule has 19 heteroatoms. The van der Waals surface area contributed by atoms with Crippen LogP contribution in [0, 0.1) is 11.8 Å². The van der Waals surface area contributed by atoms with Crippen LogP contribution in [0.1, 0.15) is 465 Å². The number of esters is 4. The van der Waals surface area contributed by atoms with Crippen molar-refractivity contribution in [3.63, 3.8) is 0 Å². The predicted molar refractivity (Wildman–Crippen MR) is 455 cm³/mol. The van der Waals surface area contributed by atoms with E-state index in [1.807, 2.05) is 0 Å². The normalized spacial score (nSPS) is 14.4. The Labute approximate surface area is 675 Å². The molecule has 0 aromatic heterocycles. The van der Waals surface area contributed by atoms with E-state index in [-0.39, 0.29) is 25.7 Å². The second-order valence-corrected chi connectivity index (χ2v) is 35.4. The SMILES string of the molecule is CCCCCC/C=C\C=C/CCCCCCCC(=O)O[C@H](COC(=O)CCCCCCCCCCC(C)CC)COP(=O)(O)OC[C@H](O)COP(=O)(O)OC[C@@H](COC(=O)CCCCCCCCCCCCCCCCCCCCCCC)OC(=O)CCCCCCCCCCCCCCCCCCCCC(C)CC. The molecule has 3 N–H and O–H groups in total. The lowest BCUT2D eigenvalue weighted by atomic mass is 9.99. The van der Waals surface area contributed by atoms with Crippen LogP contribution in [0.25, 0.3) is 0 Å². The molecule has 0 bridgehead atoms. The first kappa shape index (κ1) is 108. The Hall–Kier alpha value is -2.46. The molecule has 0 rings (SSSR count). The van der Waals surface area contributed by atoms with E-state index < -0.39 is 97.5 Å². The van der Waals surface area contributed by atoms with Crippen LogP contribution in [0.2, 0.25) is 0 Å². The van der Waals surface area contributed by atoms with E-state index in [0.717, 1.165) is 115 Å². The molecule has 0 fully saturated rings. The molecule has 0 radical (unpaired) electrons. The third kappa shape index (κ3) is 80.7. The van der Waals surface area contributed by atoms with Crippen LogP contribution < -0.4 is 0 Å². The molecule has 650 valence electrons. The van der Waals surface area contributed by atoms with Gasteiger partial charge in [-0.25, -0.2) is 9.13 Å². The van der Waals surface area contributed by atoms with Crippen molar-refractivity contribution in [3.05, 3.63) is 24.3 Å². The minimum atomic E-state index is -4.97. The van der Waals surface area contributed by atoms with Gasteiger partial charge in [0.25, 0.3) is 0 Å². The molecule has 0 aliphatic rings. The number of hydrogen-bond donors (Lipinski definition) is 3. The molecule has 0 aromatic rings. The van der Waals surface area contributed by atoms with Gasteiger partial charge in [-0.1, -0.05) is 413 Å². The Morgan fingerprint density at radius 3 is 0.773 bits per heavy atom. The molecule has 7 atom stereocenters. The van der Waals surface area contributed by atoms with Gasteiger partial charge in [-0.05, 0) is 63.2 Å². The van der Waals surface area contributed by atoms with Crippen LogP contribution in [-0.2, 0) is 65.4 Å². The smallest absolute Gasteiger partial charge is 0.462 e. The standard InChI is InChI=1S/C91H174O17P2/c1-7-11-13-15-17-19-21-23-25-26-27-28-29-33-37-40-44-48-55-61-67-73-88(93)101-79-86(107-90(95)76-70-64-58-50-46-42-38-34-31-30-32-36-39-43-47-53-59-65-71-83(5)9-3)81-105-109(97,98)103-77-85(92)78-104-110(99,100)106-82-87(80-102-89(94)74-68-62-56-52-51-54-60-66-72-84(6)10-4)108-91(96)75-69-63-57-49-45-41-35-24-22-20-18-16-14-12-8-2/h20,22,24,35,83-87,92H,7-19,21,23,25-34,36-82H2,1-6H3,(H,97,98)(H,99,100)/b22-20-,35-24-/t83?,84?,85-,86-,87-/m1/s1. The number of carbonyl (C=O) groups excluding carboxylic acids is 4. The van der Waals surface area contributed by atoms with E-state index in [9.17, 15) is 43.2 Å². The number of ether oxygens (including phenoxy) is 4. The zero-order valence-corrected chi connectivity index (χ0v) is 73.8. The molecule has 110 heavy (non-hydrogen) atoms. The highest BCUT2D eigenvalue weighted by Crippen LogP contribution is 2.45. The van der Waals surface area contributed by atoms with E-state index in [4.69, 9.17) is 37.0 Å². The summed E-state index contributed by atoms with van der Waals surface area (Å²) >= 11 is 0. The van der Waals surface area contributed by atoms with Crippen molar-refractivity contribution in [2.45, 2.75) is 484 Å². The van der Waals surface area contributed by atoms with Crippen molar-refractivity contribution >= 4 is 39.5 Å². The number of aliphatic hydroxyl groups excluding tert-OH is 1. The van der Waals surface area contributed by atoms with Crippen molar-refractivity contribution in [2.24, 2.45) is 11.8 Å². The van der Waals surface area contributed by atoms with Crippen LogP contribution >= 0.6 is 15.6 Å². The Balaban J connectivity index is 5.27. The van der Waals surface area contributed by atoms with Crippen molar-refractivity contribution in [1.29, 1.82) is 0 Å². The van der Waals surface area contributed by atoms with Crippen LogP contribution in [0.4, 0.5) is 0 Å². The number of phosphoric ester groups is 2. The zero-order chi connectivity index (χ0) is 80.6. The lowest BCUT2D eigenvalue weighted by Crippen LogP contribution is -2.30. The number of unbranched alkanes of at least 4 members (excludes halogenated alkanes) is 53. The highest BCUT2D eigenvalue weighted by molar-refractivity contribution is 7.47. The number of allylic oxidation sites excluding steroid dienone is 4. The van der Waals surface area contributed by atoms with Gasteiger partial charge in [-0.3, -0.25) is 37.3 Å². The fraction of sp³-hybridized carbons (Fsp3) is 0.912. The van der Waals surface area contributed by atoms with Gasteiger partial charge in [0.1, 0.15) is 19.3 Å². The van der Waals surface area contributed by atoms with E-state index in [1.165, 1.54) is 270 Å². The molecule has 0 heterocycles. The fourth-order valence-corrected chi connectivity index (χ4v) is 15.3. The molecule has 0 amide bonds. The van der Waals surface area contributed by atoms with Crippen molar-refractivity contribution in [2.75, 3.05) is 39.6 Å². The van der Waals surface area contributed by atoms with Crippen LogP contribution in [-0.4, -0.2) is 96.7 Å². The largest absolute Gasteiger partial charge is 0.472 e. The summed E-state index contributed by atoms with van der Waals surface area (Å²) in [6.07, 6.45) is 78.6. The fourth-order valence-electron chi connectivity index (χ4n) is 13.7. The Morgan fingerprint density at radius 1 is 0.291 bits per heavy atom. The highest BCUT2D eigenvalue weighted by atomic mass is 31.2. The summed E-state index contributed by atoms with van der Waals surface area (Å²) in [6, 6.07) is 0. The molecule has 0 spiro atoms. The van der Waals surface area contributed by atoms with Gasteiger partial charge >= 0.3 is 39.5 Å². The molecule has 0 saturated heterocycles. The molecule has 17 nitrogen and oxygen atoms in total. The van der Waals surface area contributed by atoms with Crippen LogP contribution in [0.3, 0.4) is 0 Å².